The van der Waals surface area contributed by atoms with Crippen molar-refractivity contribution < 1.29 is 5.11 Å². The molecule has 20 heavy (non-hydrogen) atoms. The van der Waals surface area contributed by atoms with Crippen LogP contribution in [0.15, 0.2) is 29.3 Å². The standard InChI is InChI=1S/C15H17ClN2OS/c1-9-10(2)20-15(17-3)13(9)14(18-8-19)11-4-6-12(16)7-5-11/h4-7,17,19H,8H2,1-3H3/b18-14-. The van der Waals surface area contributed by atoms with E-state index < -0.39 is 0 Å². The van der Waals surface area contributed by atoms with E-state index in [4.69, 9.17) is 11.6 Å². The van der Waals surface area contributed by atoms with Crippen molar-refractivity contribution >= 4 is 33.7 Å². The molecule has 2 rings (SSSR count). The van der Waals surface area contributed by atoms with E-state index in [9.17, 15) is 5.11 Å². The third kappa shape index (κ3) is 2.87. The van der Waals surface area contributed by atoms with Crippen molar-refractivity contribution in [3.63, 3.8) is 0 Å². The second-order valence-electron chi connectivity index (χ2n) is 4.39. The Morgan fingerprint density at radius 3 is 2.50 bits per heavy atom. The molecule has 106 valence electrons. The van der Waals surface area contributed by atoms with Gasteiger partial charge in [-0.15, -0.1) is 11.3 Å². The number of hydrogen-bond donors (Lipinski definition) is 2. The fraction of sp³-hybridized carbons (Fsp3) is 0.267. The van der Waals surface area contributed by atoms with Crippen LogP contribution in [0.25, 0.3) is 0 Å². The molecule has 0 saturated carbocycles. The Bertz CT molecular complexity index is 632. The molecule has 0 aliphatic rings. The maximum atomic E-state index is 9.24. The molecule has 0 saturated heterocycles. The lowest BCUT2D eigenvalue weighted by atomic mass is 10.00. The molecule has 1 heterocycles. The first-order chi connectivity index (χ1) is 9.58. The maximum absolute atomic E-state index is 9.24. The Balaban J connectivity index is 2.60. The van der Waals surface area contributed by atoms with E-state index in [-0.39, 0.29) is 6.73 Å². The van der Waals surface area contributed by atoms with Crippen LogP contribution in [0.2, 0.25) is 5.02 Å². The Morgan fingerprint density at radius 1 is 1.30 bits per heavy atom. The van der Waals surface area contributed by atoms with Crippen LogP contribution in [0, 0.1) is 13.8 Å². The first kappa shape index (κ1) is 15.0. The minimum Gasteiger partial charge on any atom is -0.379 e. The van der Waals surface area contributed by atoms with Gasteiger partial charge in [0.05, 0.1) is 10.7 Å². The summed E-state index contributed by atoms with van der Waals surface area (Å²) in [6.45, 7) is 3.92. The molecule has 0 radical (unpaired) electrons. The molecular formula is C15H17ClN2OS. The highest BCUT2D eigenvalue weighted by molar-refractivity contribution is 7.16. The smallest absolute Gasteiger partial charge is 0.135 e. The quantitative estimate of drug-likeness (QED) is 0.843. The molecular weight excluding hydrogens is 292 g/mol. The van der Waals surface area contributed by atoms with Gasteiger partial charge in [-0.3, -0.25) is 4.99 Å². The Labute approximate surface area is 127 Å². The molecule has 0 amide bonds. The van der Waals surface area contributed by atoms with Gasteiger partial charge < -0.3 is 10.4 Å². The molecule has 0 atom stereocenters. The second-order valence-corrected chi connectivity index (χ2v) is 6.05. The normalized spacial score (nSPS) is 11.8. The summed E-state index contributed by atoms with van der Waals surface area (Å²) in [6.07, 6.45) is 0. The average molecular weight is 309 g/mol. The van der Waals surface area contributed by atoms with Crippen molar-refractivity contribution in [2.24, 2.45) is 4.99 Å². The van der Waals surface area contributed by atoms with Gasteiger partial charge in [-0.25, -0.2) is 0 Å². The van der Waals surface area contributed by atoms with Gasteiger partial charge in [0.15, 0.2) is 0 Å². The summed E-state index contributed by atoms with van der Waals surface area (Å²) in [7, 11) is 1.90. The monoisotopic (exact) mass is 308 g/mol. The lowest BCUT2D eigenvalue weighted by Crippen LogP contribution is -2.07. The third-order valence-electron chi connectivity index (χ3n) is 3.20. The minimum absolute atomic E-state index is 0.241. The van der Waals surface area contributed by atoms with E-state index in [1.165, 1.54) is 10.4 Å². The highest BCUT2D eigenvalue weighted by atomic mass is 35.5. The van der Waals surface area contributed by atoms with Gasteiger partial charge >= 0.3 is 0 Å². The second kappa shape index (κ2) is 6.39. The number of thiophene rings is 1. The van der Waals surface area contributed by atoms with Gasteiger partial charge in [0.2, 0.25) is 0 Å². The van der Waals surface area contributed by atoms with Crippen LogP contribution in [0.5, 0.6) is 0 Å². The van der Waals surface area contributed by atoms with Crippen LogP contribution >= 0.6 is 22.9 Å². The molecule has 2 N–H and O–H groups in total. The molecule has 1 aromatic carbocycles. The number of hydrogen-bond acceptors (Lipinski definition) is 4. The summed E-state index contributed by atoms with van der Waals surface area (Å²) in [4.78, 5) is 5.51. The van der Waals surface area contributed by atoms with Crippen LogP contribution in [0.4, 0.5) is 5.00 Å². The van der Waals surface area contributed by atoms with Crippen LogP contribution in [-0.4, -0.2) is 24.6 Å². The van der Waals surface area contributed by atoms with E-state index in [0.717, 1.165) is 21.8 Å². The number of aryl methyl sites for hydroxylation is 1. The maximum Gasteiger partial charge on any atom is 0.135 e. The number of aliphatic imine (C=N–C) groups is 1. The Morgan fingerprint density at radius 2 is 1.95 bits per heavy atom. The summed E-state index contributed by atoms with van der Waals surface area (Å²) in [5.41, 5.74) is 3.96. The van der Waals surface area contributed by atoms with E-state index in [1.54, 1.807) is 11.3 Å². The van der Waals surface area contributed by atoms with E-state index in [2.05, 4.69) is 24.2 Å². The fourth-order valence-corrected chi connectivity index (χ4v) is 3.22. The van der Waals surface area contributed by atoms with Gasteiger partial charge in [-0.1, -0.05) is 23.7 Å². The van der Waals surface area contributed by atoms with E-state index in [1.807, 2.05) is 31.3 Å². The fourth-order valence-electron chi connectivity index (χ4n) is 2.08. The number of benzene rings is 1. The minimum atomic E-state index is -0.241. The average Bonchev–Trinajstić information content (AvgIpc) is 2.73. The van der Waals surface area contributed by atoms with Crippen LogP contribution in [0.1, 0.15) is 21.6 Å². The topological polar surface area (TPSA) is 44.6 Å². The molecule has 0 bridgehead atoms. The lowest BCUT2D eigenvalue weighted by molar-refractivity contribution is 0.309. The zero-order valence-corrected chi connectivity index (χ0v) is 13.3. The lowest BCUT2D eigenvalue weighted by Gasteiger charge is -2.10. The first-order valence-electron chi connectivity index (χ1n) is 6.27. The van der Waals surface area contributed by atoms with Gasteiger partial charge in [-0.05, 0) is 31.5 Å². The highest BCUT2D eigenvalue weighted by Gasteiger charge is 2.18. The Hall–Kier alpha value is -1.36. The van der Waals surface area contributed by atoms with Crippen LogP contribution in [-0.2, 0) is 0 Å². The molecule has 5 heteroatoms. The summed E-state index contributed by atoms with van der Waals surface area (Å²) < 4.78 is 0. The molecule has 0 aliphatic heterocycles. The number of aliphatic hydroxyl groups excluding tert-OH is 1. The molecule has 1 aromatic heterocycles. The van der Waals surface area contributed by atoms with E-state index >= 15 is 0 Å². The molecule has 0 fully saturated rings. The van der Waals surface area contributed by atoms with Crippen molar-refractivity contribution in [1.29, 1.82) is 0 Å². The summed E-state index contributed by atoms with van der Waals surface area (Å²) in [5, 5.41) is 14.2. The number of nitrogens with one attached hydrogen (secondary N) is 1. The zero-order valence-electron chi connectivity index (χ0n) is 11.7. The largest absolute Gasteiger partial charge is 0.379 e. The number of halogens is 1. The third-order valence-corrected chi connectivity index (χ3v) is 4.67. The van der Waals surface area contributed by atoms with Crippen molar-refractivity contribution in [3.05, 3.63) is 50.9 Å². The summed E-state index contributed by atoms with van der Waals surface area (Å²) in [6, 6.07) is 7.50. The predicted molar refractivity (Wildman–Crippen MR) is 87.5 cm³/mol. The summed E-state index contributed by atoms with van der Waals surface area (Å²) in [5.74, 6) is 0. The zero-order chi connectivity index (χ0) is 14.7. The summed E-state index contributed by atoms with van der Waals surface area (Å²) >= 11 is 7.63. The van der Waals surface area contributed by atoms with Crippen molar-refractivity contribution in [2.75, 3.05) is 19.1 Å². The first-order valence-corrected chi connectivity index (χ1v) is 7.47. The highest BCUT2D eigenvalue weighted by Crippen LogP contribution is 2.34. The van der Waals surface area contributed by atoms with Crippen molar-refractivity contribution in [2.45, 2.75) is 13.8 Å². The SMILES string of the molecule is CNc1sc(C)c(C)c1/C(=N\CO)c1ccc(Cl)cc1. The van der Waals surface area contributed by atoms with Crippen molar-refractivity contribution in [1.82, 2.24) is 0 Å². The van der Waals surface area contributed by atoms with Gasteiger partial charge in [0, 0.05) is 28.1 Å². The predicted octanol–water partition coefficient (Wildman–Crippen LogP) is 3.85. The molecule has 0 unspecified atom stereocenters. The van der Waals surface area contributed by atoms with Crippen LogP contribution in [0.3, 0.4) is 0 Å². The number of anilines is 1. The van der Waals surface area contributed by atoms with Gasteiger partial charge in [0.25, 0.3) is 0 Å². The number of rotatable bonds is 4. The van der Waals surface area contributed by atoms with Crippen molar-refractivity contribution in [3.8, 4) is 0 Å². The molecule has 0 spiro atoms. The van der Waals surface area contributed by atoms with Gasteiger partial charge in [0.1, 0.15) is 6.73 Å². The van der Waals surface area contributed by atoms with Crippen LogP contribution < -0.4 is 5.32 Å². The number of nitrogens with zero attached hydrogens (tertiary/aromatic N) is 1. The van der Waals surface area contributed by atoms with E-state index in [0.29, 0.717) is 5.02 Å². The van der Waals surface area contributed by atoms with Gasteiger partial charge in [-0.2, -0.15) is 0 Å². The molecule has 3 nitrogen and oxygen atoms in total. The number of aliphatic hydroxyl groups is 1. The molecule has 2 aromatic rings. The Kier molecular flexibility index (Phi) is 4.81. The molecule has 0 aliphatic carbocycles.